The standard InChI is InChI=1S/C25H27F3N4O2/c1-4-15(2)22(29-3)23-18(6-5-11-30-23)24(33)32-14-16-7-9-19(32)20(12-16)34-21-10-8-17(13-31-21)25(26,27)28/h4-6,8,10-11,13,16,19-20H,7,9,12,14H2,1-3H3/b15-4-,29-22?. The first-order valence-corrected chi connectivity index (χ1v) is 11.3. The van der Waals surface area contributed by atoms with Gasteiger partial charge in [-0.25, -0.2) is 4.98 Å². The Morgan fingerprint density at radius 3 is 2.65 bits per heavy atom. The van der Waals surface area contributed by atoms with Gasteiger partial charge in [0, 0.05) is 32.1 Å². The van der Waals surface area contributed by atoms with Gasteiger partial charge in [0.15, 0.2) is 0 Å². The number of nitrogens with zero attached hydrogens (tertiary/aromatic N) is 4. The second-order valence-electron chi connectivity index (χ2n) is 8.69. The topological polar surface area (TPSA) is 67.7 Å². The average molecular weight is 473 g/mol. The number of piperidine rings is 2. The molecule has 2 aromatic rings. The van der Waals surface area contributed by atoms with Crippen LogP contribution in [0.3, 0.4) is 0 Å². The Morgan fingerprint density at radius 2 is 2.03 bits per heavy atom. The number of aromatic nitrogens is 2. The van der Waals surface area contributed by atoms with Gasteiger partial charge in [-0.1, -0.05) is 6.08 Å². The molecule has 3 aliphatic rings. The molecule has 1 aliphatic carbocycles. The summed E-state index contributed by atoms with van der Waals surface area (Å²) in [6.45, 7) is 4.44. The van der Waals surface area contributed by atoms with Crippen LogP contribution in [0.1, 0.15) is 54.7 Å². The van der Waals surface area contributed by atoms with Crippen LogP contribution in [-0.2, 0) is 6.18 Å². The van der Waals surface area contributed by atoms with Crippen molar-refractivity contribution in [3.8, 4) is 5.88 Å². The van der Waals surface area contributed by atoms with E-state index in [0.29, 0.717) is 23.5 Å². The molecule has 3 unspecified atom stereocenters. The molecule has 0 aromatic carbocycles. The van der Waals surface area contributed by atoms with Crippen LogP contribution in [0.5, 0.6) is 5.88 Å². The van der Waals surface area contributed by atoms with E-state index >= 15 is 0 Å². The van der Waals surface area contributed by atoms with Crippen LogP contribution in [0.25, 0.3) is 0 Å². The zero-order valence-corrected chi connectivity index (χ0v) is 19.3. The van der Waals surface area contributed by atoms with Gasteiger partial charge in [-0.05, 0) is 62.8 Å². The molecule has 0 radical (unpaired) electrons. The molecule has 2 bridgehead atoms. The molecule has 1 amide bonds. The number of halogens is 3. The van der Waals surface area contributed by atoms with Crippen LogP contribution >= 0.6 is 0 Å². The highest BCUT2D eigenvalue weighted by Gasteiger charge is 2.45. The summed E-state index contributed by atoms with van der Waals surface area (Å²) >= 11 is 0. The SMILES string of the molecule is C/C=C(/C)C(=NC)c1ncccc1C(=O)N1CC2CCC1C(Oc1ccc(C(F)(F)F)cn1)C2. The van der Waals surface area contributed by atoms with Gasteiger partial charge >= 0.3 is 6.18 Å². The molecule has 4 heterocycles. The minimum atomic E-state index is -4.45. The third-order valence-corrected chi connectivity index (χ3v) is 6.61. The third-order valence-electron chi connectivity index (χ3n) is 6.61. The van der Waals surface area contributed by atoms with Crippen molar-refractivity contribution in [1.82, 2.24) is 14.9 Å². The molecule has 180 valence electrons. The highest BCUT2D eigenvalue weighted by Crippen LogP contribution is 2.38. The molecule has 6 nitrogen and oxygen atoms in total. The Labute approximate surface area is 196 Å². The molecule has 0 spiro atoms. The number of pyridine rings is 2. The van der Waals surface area contributed by atoms with Crippen molar-refractivity contribution < 1.29 is 22.7 Å². The Morgan fingerprint density at radius 1 is 1.24 bits per heavy atom. The lowest BCUT2D eigenvalue weighted by molar-refractivity contribution is -0.137. The highest BCUT2D eigenvalue weighted by atomic mass is 19.4. The van der Waals surface area contributed by atoms with E-state index in [4.69, 9.17) is 4.74 Å². The molecule has 5 rings (SSSR count). The van der Waals surface area contributed by atoms with Gasteiger partial charge < -0.3 is 9.64 Å². The normalized spacial score (nSPS) is 23.2. The van der Waals surface area contributed by atoms with Gasteiger partial charge in [0.2, 0.25) is 5.88 Å². The van der Waals surface area contributed by atoms with Crippen molar-refractivity contribution in [2.24, 2.45) is 10.9 Å². The highest BCUT2D eigenvalue weighted by molar-refractivity contribution is 6.16. The van der Waals surface area contributed by atoms with E-state index in [-0.39, 0.29) is 29.9 Å². The quantitative estimate of drug-likeness (QED) is 0.578. The number of carbonyl (C=O) groups excluding carboxylic acids is 1. The van der Waals surface area contributed by atoms with E-state index in [1.54, 1.807) is 25.4 Å². The maximum absolute atomic E-state index is 13.7. The van der Waals surface area contributed by atoms with Crippen molar-refractivity contribution in [3.05, 3.63) is 65.1 Å². The Bertz CT molecular complexity index is 1110. The monoisotopic (exact) mass is 472 g/mol. The van der Waals surface area contributed by atoms with Gasteiger partial charge in [0.1, 0.15) is 11.8 Å². The molecule has 34 heavy (non-hydrogen) atoms. The number of ether oxygens (including phenoxy) is 1. The number of hydrogen-bond donors (Lipinski definition) is 0. The van der Waals surface area contributed by atoms with Crippen LogP contribution in [0.2, 0.25) is 0 Å². The van der Waals surface area contributed by atoms with E-state index in [1.165, 1.54) is 6.07 Å². The second-order valence-corrected chi connectivity index (χ2v) is 8.69. The van der Waals surface area contributed by atoms with Gasteiger partial charge in [0.05, 0.1) is 22.9 Å². The number of carbonyl (C=O) groups is 1. The van der Waals surface area contributed by atoms with Gasteiger partial charge in [-0.2, -0.15) is 13.2 Å². The van der Waals surface area contributed by atoms with E-state index in [0.717, 1.165) is 37.1 Å². The molecule has 3 fully saturated rings. The van der Waals surface area contributed by atoms with Crippen LogP contribution in [0.15, 0.2) is 53.3 Å². The number of aliphatic imine (C=N–C) groups is 1. The average Bonchev–Trinajstić information content (AvgIpc) is 2.84. The fourth-order valence-corrected chi connectivity index (χ4v) is 4.79. The predicted molar refractivity (Wildman–Crippen MR) is 122 cm³/mol. The first kappa shape index (κ1) is 23.9. The summed E-state index contributed by atoms with van der Waals surface area (Å²) in [5, 5.41) is 0. The number of alkyl halides is 3. The first-order valence-electron chi connectivity index (χ1n) is 11.3. The third kappa shape index (κ3) is 4.69. The minimum Gasteiger partial charge on any atom is -0.472 e. The van der Waals surface area contributed by atoms with Crippen molar-refractivity contribution in [2.45, 2.75) is 51.4 Å². The zero-order chi connectivity index (χ0) is 24.5. The molecule has 2 saturated heterocycles. The van der Waals surface area contributed by atoms with Crippen molar-refractivity contribution in [1.29, 1.82) is 0 Å². The molecule has 2 aliphatic heterocycles. The Balaban J connectivity index is 1.58. The molecule has 3 atom stereocenters. The lowest BCUT2D eigenvalue weighted by atomic mass is 9.77. The summed E-state index contributed by atoms with van der Waals surface area (Å²) in [6, 6.07) is 5.49. The van der Waals surface area contributed by atoms with Crippen LogP contribution in [0.4, 0.5) is 13.2 Å². The van der Waals surface area contributed by atoms with Crippen molar-refractivity contribution in [2.75, 3.05) is 13.6 Å². The Kier molecular flexibility index (Phi) is 6.72. The number of amides is 1. The van der Waals surface area contributed by atoms with E-state index in [1.807, 2.05) is 24.8 Å². The lowest BCUT2D eigenvalue weighted by Crippen LogP contribution is -2.59. The number of fused-ring (bicyclic) bond motifs is 3. The molecule has 1 saturated carbocycles. The largest absolute Gasteiger partial charge is 0.472 e. The summed E-state index contributed by atoms with van der Waals surface area (Å²) < 4.78 is 44.5. The van der Waals surface area contributed by atoms with E-state index < -0.39 is 11.7 Å². The number of allylic oxidation sites excluding steroid dienone is 2. The van der Waals surface area contributed by atoms with Gasteiger partial charge in [-0.15, -0.1) is 0 Å². The number of rotatable bonds is 5. The maximum atomic E-state index is 13.7. The summed E-state index contributed by atoms with van der Waals surface area (Å²) in [5.41, 5.74) is 1.77. The summed E-state index contributed by atoms with van der Waals surface area (Å²) in [5.74, 6) is 0.241. The molecular formula is C25H27F3N4O2. The van der Waals surface area contributed by atoms with Crippen LogP contribution in [-0.4, -0.2) is 52.2 Å². The molecule has 0 N–H and O–H groups in total. The van der Waals surface area contributed by atoms with E-state index in [9.17, 15) is 18.0 Å². The lowest BCUT2D eigenvalue weighted by Gasteiger charge is -2.49. The molecule has 9 heteroatoms. The van der Waals surface area contributed by atoms with Gasteiger partial charge in [0.25, 0.3) is 5.91 Å². The predicted octanol–water partition coefficient (Wildman–Crippen LogP) is 4.95. The van der Waals surface area contributed by atoms with Crippen LogP contribution < -0.4 is 4.74 Å². The second kappa shape index (κ2) is 9.56. The molecule has 2 aromatic heterocycles. The zero-order valence-electron chi connectivity index (χ0n) is 19.3. The van der Waals surface area contributed by atoms with Crippen LogP contribution in [0, 0.1) is 5.92 Å². The maximum Gasteiger partial charge on any atom is 0.417 e. The van der Waals surface area contributed by atoms with Crippen molar-refractivity contribution in [3.63, 3.8) is 0 Å². The summed E-state index contributed by atoms with van der Waals surface area (Å²) in [7, 11) is 1.68. The minimum absolute atomic E-state index is 0.129. The van der Waals surface area contributed by atoms with E-state index in [2.05, 4.69) is 15.0 Å². The van der Waals surface area contributed by atoms with Gasteiger partial charge in [-0.3, -0.25) is 14.8 Å². The molecular weight excluding hydrogens is 445 g/mol. The first-order chi connectivity index (χ1) is 16.2. The smallest absolute Gasteiger partial charge is 0.417 e. The number of hydrogen-bond acceptors (Lipinski definition) is 5. The van der Waals surface area contributed by atoms with Crippen molar-refractivity contribution >= 4 is 11.6 Å². The Hall–Kier alpha value is -3.23. The fraction of sp³-hybridized carbons (Fsp3) is 0.440. The summed E-state index contributed by atoms with van der Waals surface area (Å²) in [6.07, 6.45) is 2.03. The summed E-state index contributed by atoms with van der Waals surface area (Å²) in [4.78, 5) is 28.2. The fourth-order valence-electron chi connectivity index (χ4n) is 4.79.